The van der Waals surface area contributed by atoms with E-state index < -0.39 is 0 Å². The van der Waals surface area contributed by atoms with Crippen LogP contribution >= 0.6 is 0 Å². The van der Waals surface area contributed by atoms with Crippen molar-refractivity contribution >= 4 is 11.0 Å². The molecule has 1 aromatic heterocycles. The second kappa shape index (κ2) is 5.19. The van der Waals surface area contributed by atoms with Crippen molar-refractivity contribution in [3.63, 3.8) is 0 Å². The summed E-state index contributed by atoms with van der Waals surface area (Å²) in [5, 5.41) is 3.39. The molecule has 0 amide bonds. The number of imidazole rings is 1. The molecule has 0 aliphatic carbocycles. The zero-order chi connectivity index (χ0) is 14.9. The molecule has 4 nitrogen and oxygen atoms in total. The number of aromatic nitrogens is 2. The molecule has 2 aromatic rings. The summed E-state index contributed by atoms with van der Waals surface area (Å²) in [7, 11) is 1.69. The van der Waals surface area contributed by atoms with E-state index in [0.29, 0.717) is 6.54 Å². The smallest absolute Gasteiger partial charge is 0.126 e. The third kappa shape index (κ3) is 2.64. The van der Waals surface area contributed by atoms with Crippen molar-refractivity contribution in [1.82, 2.24) is 15.3 Å². The number of nitrogens with one attached hydrogen (secondary N) is 2. The predicted octanol–water partition coefficient (Wildman–Crippen LogP) is 3.53. The van der Waals surface area contributed by atoms with Gasteiger partial charge in [-0.2, -0.15) is 0 Å². The molecule has 108 valence electrons. The largest absolute Gasteiger partial charge is 0.496 e. The standard InChI is InChI=1S/C16H23N3O/c1-10-7-13(20-6)12(15-14(10)18-9-19-15)8-17-11(2)16(3,4)5/h7,9,17H,2,8H2,1,3-6H3,(H,18,19). The van der Waals surface area contributed by atoms with Gasteiger partial charge >= 0.3 is 0 Å². The Morgan fingerprint density at radius 3 is 2.75 bits per heavy atom. The maximum Gasteiger partial charge on any atom is 0.126 e. The second-order valence-electron chi connectivity index (χ2n) is 6.08. The van der Waals surface area contributed by atoms with E-state index in [0.717, 1.165) is 33.6 Å². The van der Waals surface area contributed by atoms with Crippen molar-refractivity contribution < 1.29 is 4.74 Å². The average molecular weight is 273 g/mol. The van der Waals surface area contributed by atoms with E-state index in [9.17, 15) is 0 Å². The summed E-state index contributed by atoms with van der Waals surface area (Å²) in [6.45, 7) is 13.2. The molecule has 0 spiro atoms. The number of hydrogen-bond donors (Lipinski definition) is 2. The highest BCUT2D eigenvalue weighted by Crippen LogP contribution is 2.30. The van der Waals surface area contributed by atoms with Crippen molar-refractivity contribution in [2.45, 2.75) is 34.2 Å². The summed E-state index contributed by atoms with van der Waals surface area (Å²) in [4.78, 5) is 7.57. The second-order valence-corrected chi connectivity index (χ2v) is 6.08. The van der Waals surface area contributed by atoms with Crippen LogP contribution in [0.2, 0.25) is 0 Å². The quantitative estimate of drug-likeness (QED) is 0.896. The highest BCUT2D eigenvalue weighted by molar-refractivity contribution is 5.84. The minimum Gasteiger partial charge on any atom is -0.496 e. The Morgan fingerprint density at radius 2 is 2.15 bits per heavy atom. The monoisotopic (exact) mass is 273 g/mol. The van der Waals surface area contributed by atoms with Crippen LogP contribution < -0.4 is 10.1 Å². The minimum atomic E-state index is 0.0328. The maximum atomic E-state index is 5.50. The lowest BCUT2D eigenvalue weighted by atomic mass is 9.93. The predicted molar refractivity (Wildman–Crippen MR) is 82.8 cm³/mol. The SMILES string of the molecule is C=C(NCc1c(OC)cc(C)c2nc[nH]c12)C(C)(C)C. The first-order chi connectivity index (χ1) is 9.34. The van der Waals surface area contributed by atoms with E-state index in [2.05, 4.69) is 42.6 Å². The first-order valence-corrected chi connectivity index (χ1v) is 6.77. The van der Waals surface area contributed by atoms with Gasteiger partial charge in [-0.25, -0.2) is 4.98 Å². The third-order valence-corrected chi connectivity index (χ3v) is 3.56. The van der Waals surface area contributed by atoms with Crippen molar-refractivity contribution in [2.75, 3.05) is 7.11 Å². The molecule has 20 heavy (non-hydrogen) atoms. The molecule has 0 saturated carbocycles. The Kier molecular flexibility index (Phi) is 3.75. The highest BCUT2D eigenvalue weighted by atomic mass is 16.5. The average Bonchev–Trinajstić information content (AvgIpc) is 2.85. The Morgan fingerprint density at radius 1 is 1.45 bits per heavy atom. The third-order valence-electron chi connectivity index (χ3n) is 3.56. The molecule has 0 radical (unpaired) electrons. The molecule has 2 rings (SSSR count). The summed E-state index contributed by atoms with van der Waals surface area (Å²) < 4.78 is 5.50. The van der Waals surface area contributed by atoms with Crippen LogP contribution in [0.15, 0.2) is 24.7 Å². The van der Waals surface area contributed by atoms with Crippen molar-refractivity contribution in [1.29, 1.82) is 0 Å². The fraction of sp³-hybridized carbons (Fsp3) is 0.438. The number of nitrogens with zero attached hydrogens (tertiary/aromatic N) is 1. The Bertz CT molecular complexity index is 635. The van der Waals surface area contributed by atoms with Gasteiger partial charge in [0.2, 0.25) is 0 Å². The van der Waals surface area contributed by atoms with Crippen LogP contribution in [-0.4, -0.2) is 17.1 Å². The normalized spacial score (nSPS) is 11.7. The highest BCUT2D eigenvalue weighted by Gasteiger charge is 2.17. The molecule has 1 aromatic carbocycles. The Hall–Kier alpha value is -1.97. The fourth-order valence-electron chi connectivity index (χ4n) is 2.12. The van der Waals surface area contributed by atoms with Gasteiger partial charge in [-0.15, -0.1) is 0 Å². The van der Waals surface area contributed by atoms with Crippen LogP contribution in [0.4, 0.5) is 0 Å². The topological polar surface area (TPSA) is 49.9 Å². The number of H-pyrrole nitrogens is 1. The summed E-state index contributed by atoms with van der Waals surface area (Å²) in [6, 6.07) is 2.03. The number of benzene rings is 1. The van der Waals surface area contributed by atoms with E-state index in [-0.39, 0.29) is 5.41 Å². The van der Waals surface area contributed by atoms with Gasteiger partial charge in [-0.3, -0.25) is 0 Å². The number of ether oxygens (including phenoxy) is 1. The van der Waals surface area contributed by atoms with Gasteiger partial charge in [0.25, 0.3) is 0 Å². The molecule has 0 saturated heterocycles. The molecule has 0 aliphatic heterocycles. The Labute approximate surface area is 120 Å². The number of aryl methyl sites for hydroxylation is 1. The molecule has 0 fully saturated rings. The number of aromatic amines is 1. The van der Waals surface area contributed by atoms with Gasteiger partial charge in [-0.05, 0) is 18.6 Å². The van der Waals surface area contributed by atoms with Crippen LogP contribution in [0.5, 0.6) is 5.75 Å². The number of hydrogen-bond acceptors (Lipinski definition) is 3. The lowest BCUT2D eigenvalue weighted by Gasteiger charge is -2.24. The molecular formula is C16H23N3O. The van der Waals surface area contributed by atoms with Gasteiger partial charge < -0.3 is 15.0 Å². The summed E-state index contributed by atoms with van der Waals surface area (Å²) in [6.07, 6.45) is 1.72. The van der Waals surface area contributed by atoms with Gasteiger partial charge in [0.05, 0.1) is 24.5 Å². The summed E-state index contributed by atoms with van der Waals surface area (Å²) in [5.74, 6) is 0.869. The first kappa shape index (κ1) is 14.4. The van der Waals surface area contributed by atoms with E-state index >= 15 is 0 Å². The molecule has 0 bridgehead atoms. The summed E-state index contributed by atoms with van der Waals surface area (Å²) >= 11 is 0. The van der Waals surface area contributed by atoms with Crippen molar-refractivity contribution in [3.05, 3.63) is 35.8 Å². The lowest BCUT2D eigenvalue weighted by Crippen LogP contribution is -2.23. The first-order valence-electron chi connectivity index (χ1n) is 6.77. The molecule has 0 unspecified atom stereocenters. The molecule has 0 atom stereocenters. The fourth-order valence-corrected chi connectivity index (χ4v) is 2.12. The van der Waals surface area contributed by atoms with E-state index in [4.69, 9.17) is 4.74 Å². The number of fused-ring (bicyclic) bond motifs is 1. The van der Waals surface area contributed by atoms with Crippen LogP contribution in [0.25, 0.3) is 11.0 Å². The lowest BCUT2D eigenvalue weighted by molar-refractivity contribution is 0.406. The minimum absolute atomic E-state index is 0.0328. The van der Waals surface area contributed by atoms with E-state index in [1.54, 1.807) is 13.4 Å². The van der Waals surface area contributed by atoms with Crippen LogP contribution in [-0.2, 0) is 6.54 Å². The van der Waals surface area contributed by atoms with Crippen molar-refractivity contribution in [3.8, 4) is 5.75 Å². The maximum absolute atomic E-state index is 5.50. The number of rotatable bonds is 4. The van der Waals surface area contributed by atoms with Crippen LogP contribution in [0.3, 0.4) is 0 Å². The number of allylic oxidation sites excluding steroid dienone is 1. The van der Waals surface area contributed by atoms with Crippen LogP contribution in [0.1, 0.15) is 31.9 Å². The molecular weight excluding hydrogens is 250 g/mol. The van der Waals surface area contributed by atoms with Gasteiger partial charge in [-0.1, -0.05) is 27.4 Å². The zero-order valence-electron chi connectivity index (χ0n) is 12.9. The summed E-state index contributed by atoms with van der Waals surface area (Å²) in [5.41, 5.74) is 5.24. The number of methoxy groups -OCH3 is 1. The van der Waals surface area contributed by atoms with Gasteiger partial charge in [0, 0.05) is 23.2 Å². The van der Waals surface area contributed by atoms with Gasteiger partial charge in [0.15, 0.2) is 0 Å². The van der Waals surface area contributed by atoms with E-state index in [1.807, 2.05) is 13.0 Å². The Balaban J connectivity index is 2.36. The van der Waals surface area contributed by atoms with Crippen molar-refractivity contribution in [2.24, 2.45) is 5.41 Å². The molecule has 2 N–H and O–H groups in total. The van der Waals surface area contributed by atoms with E-state index in [1.165, 1.54) is 0 Å². The van der Waals surface area contributed by atoms with Gasteiger partial charge in [0.1, 0.15) is 5.75 Å². The molecule has 0 aliphatic rings. The zero-order valence-corrected chi connectivity index (χ0v) is 12.9. The molecule has 1 heterocycles. The van der Waals surface area contributed by atoms with Crippen LogP contribution in [0, 0.1) is 12.3 Å². The molecule has 4 heteroatoms.